The zero-order chi connectivity index (χ0) is 21.4. The molecule has 8 nitrogen and oxygen atoms in total. The smallest absolute Gasteiger partial charge is 0.365 e. The Kier molecular flexibility index (Phi) is 5.34. The Labute approximate surface area is 160 Å². The number of alkyl halides is 5. The van der Waals surface area contributed by atoms with E-state index < -0.39 is 30.0 Å². The first-order valence-electron chi connectivity index (χ1n) is 8.53. The summed E-state index contributed by atoms with van der Waals surface area (Å²) in [5.41, 5.74) is 9.10. The average Bonchev–Trinajstić information content (AvgIpc) is 3.10. The molecule has 0 bridgehead atoms. The molecule has 158 valence electrons. The number of piperidine rings is 1. The molecule has 3 rings (SSSR count). The SMILES string of the molecule is NC(=O)c1cnc2[nH]ccc2c1NN1CCC[C@H](C(=O)NC(F)(F)C(F)(F)F)C1. The Balaban J connectivity index is 1.76. The summed E-state index contributed by atoms with van der Waals surface area (Å²) >= 11 is 0. The Bertz CT molecular complexity index is 928. The maximum atomic E-state index is 13.1. The van der Waals surface area contributed by atoms with Gasteiger partial charge in [0.1, 0.15) is 5.65 Å². The van der Waals surface area contributed by atoms with Crippen LogP contribution in [0.15, 0.2) is 18.5 Å². The first kappa shape index (κ1) is 20.8. The highest BCUT2D eigenvalue weighted by Gasteiger charge is 2.59. The molecule has 0 spiro atoms. The van der Waals surface area contributed by atoms with E-state index in [4.69, 9.17) is 5.73 Å². The molecule has 29 heavy (non-hydrogen) atoms. The number of carbonyl (C=O) groups is 2. The summed E-state index contributed by atoms with van der Waals surface area (Å²) < 4.78 is 63.2. The molecule has 2 aromatic rings. The Morgan fingerprint density at radius 1 is 1.28 bits per heavy atom. The number of fused-ring (bicyclic) bond motifs is 1. The van der Waals surface area contributed by atoms with E-state index in [1.165, 1.54) is 11.2 Å². The van der Waals surface area contributed by atoms with Gasteiger partial charge in [-0.2, -0.15) is 22.0 Å². The zero-order valence-corrected chi connectivity index (χ0v) is 14.8. The number of nitrogens with one attached hydrogen (secondary N) is 3. The van der Waals surface area contributed by atoms with E-state index in [2.05, 4.69) is 15.4 Å². The number of nitrogens with zero attached hydrogens (tertiary/aromatic N) is 2. The minimum Gasteiger partial charge on any atom is -0.365 e. The minimum absolute atomic E-state index is 0.0623. The van der Waals surface area contributed by atoms with Crippen molar-refractivity contribution in [2.45, 2.75) is 25.1 Å². The van der Waals surface area contributed by atoms with Gasteiger partial charge in [-0.15, -0.1) is 0 Å². The van der Waals surface area contributed by atoms with Gasteiger partial charge in [0.2, 0.25) is 5.91 Å². The second kappa shape index (κ2) is 7.46. The molecule has 2 aromatic heterocycles. The van der Waals surface area contributed by atoms with Gasteiger partial charge in [0.15, 0.2) is 0 Å². The number of aromatic nitrogens is 2. The number of halogens is 5. The molecule has 1 atom stereocenters. The molecule has 13 heteroatoms. The number of amides is 2. The highest BCUT2D eigenvalue weighted by Crippen LogP contribution is 2.34. The van der Waals surface area contributed by atoms with Crippen molar-refractivity contribution < 1.29 is 31.5 Å². The van der Waals surface area contributed by atoms with E-state index in [1.54, 1.807) is 12.3 Å². The lowest BCUT2D eigenvalue weighted by Gasteiger charge is -2.34. The Morgan fingerprint density at radius 3 is 2.66 bits per heavy atom. The maximum absolute atomic E-state index is 13.1. The number of rotatable bonds is 5. The van der Waals surface area contributed by atoms with Crippen LogP contribution in [0.2, 0.25) is 0 Å². The van der Waals surface area contributed by atoms with Crippen LogP contribution in [0.1, 0.15) is 23.2 Å². The van der Waals surface area contributed by atoms with Crippen molar-refractivity contribution in [3.63, 3.8) is 0 Å². The molecule has 0 aliphatic carbocycles. The van der Waals surface area contributed by atoms with Crippen LogP contribution in [-0.2, 0) is 4.79 Å². The van der Waals surface area contributed by atoms with E-state index in [9.17, 15) is 31.5 Å². The van der Waals surface area contributed by atoms with Crippen LogP contribution in [0, 0.1) is 5.92 Å². The molecule has 1 aliphatic rings. The van der Waals surface area contributed by atoms with Crippen molar-refractivity contribution >= 4 is 28.5 Å². The largest absolute Gasteiger partial charge is 0.475 e. The number of hydrogen-bond acceptors (Lipinski definition) is 5. The molecule has 1 fully saturated rings. The third-order valence-electron chi connectivity index (χ3n) is 4.55. The molecular formula is C16H17F5N6O2. The lowest BCUT2D eigenvalue weighted by molar-refractivity contribution is -0.293. The third kappa shape index (κ3) is 4.23. The quantitative estimate of drug-likeness (QED) is 0.436. The second-order valence-electron chi connectivity index (χ2n) is 6.61. The van der Waals surface area contributed by atoms with Crippen LogP contribution in [0.4, 0.5) is 27.6 Å². The van der Waals surface area contributed by atoms with Gasteiger partial charge < -0.3 is 16.1 Å². The molecule has 0 aromatic carbocycles. The number of anilines is 1. The summed E-state index contributed by atoms with van der Waals surface area (Å²) in [5, 5.41) is 2.76. The summed E-state index contributed by atoms with van der Waals surface area (Å²) in [4.78, 5) is 30.6. The molecular weight excluding hydrogens is 403 g/mol. The Hall–Kier alpha value is -2.96. The molecule has 0 unspecified atom stereocenters. The second-order valence-corrected chi connectivity index (χ2v) is 6.61. The van der Waals surface area contributed by atoms with Gasteiger partial charge in [-0.3, -0.25) is 14.9 Å². The third-order valence-corrected chi connectivity index (χ3v) is 4.55. The van der Waals surface area contributed by atoms with E-state index in [0.29, 0.717) is 29.7 Å². The normalized spacial score (nSPS) is 18.6. The number of H-pyrrole nitrogens is 1. The van der Waals surface area contributed by atoms with Crippen molar-refractivity contribution in [2.75, 3.05) is 18.5 Å². The van der Waals surface area contributed by atoms with Gasteiger partial charge in [-0.25, -0.2) is 9.99 Å². The Morgan fingerprint density at radius 2 is 2.00 bits per heavy atom. The minimum atomic E-state index is -5.89. The topological polar surface area (TPSA) is 116 Å². The highest BCUT2D eigenvalue weighted by atomic mass is 19.4. The number of hydrazine groups is 1. The fourth-order valence-corrected chi connectivity index (χ4v) is 3.09. The van der Waals surface area contributed by atoms with E-state index in [1.807, 2.05) is 0 Å². The molecule has 0 radical (unpaired) electrons. The van der Waals surface area contributed by atoms with Gasteiger partial charge >= 0.3 is 12.2 Å². The van der Waals surface area contributed by atoms with Crippen LogP contribution in [-0.4, -0.2) is 52.1 Å². The van der Waals surface area contributed by atoms with Crippen LogP contribution in [0.5, 0.6) is 0 Å². The highest BCUT2D eigenvalue weighted by molar-refractivity contribution is 6.05. The van der Waals surface area contributed by atoms with E-state index >= 15 is 0 Å². The van der Waals surface area contributed by atoms with Gasteiger partial charge in [-0.1, -0.05) is 0 Å². The number of pyridine rings is 1. The number of primary amides is 1. The molecule has 1 aliphatic heterocycles. The van der Waals surface area contributed by atoms with E-state index in [0.717, 1.165) is 5.32 Å². The summed E-state index contributed by atoms with van der Waals surface area (Å²) in [7, 11) is 0. The van der Waals surface area contributed by atoms with Crippen molar-refractivity contribution in [3.05, 3.63) is 24.0 Å². The molecule has 5 N–H and O–H groups in total. The van der Waals surface area contributed by atoms with Crippen molar-refractivity contribution in [1.29, 1.82) is 0 Å². The molecule has 0 saturated carbocycles. The monoisotopic (exact) mass is 420 g/mol. The van der Waals surface area contributed by atoms with E-state index in [-0.39, 0.29) is 18.5 Å². The van der Waals surface area contributed by atoms with Crippen LogP contribution >= 0.6 is 0 Å². The predicted octanol–water partition coefficient (Wildman–Crippen LogP) is 1.97. The van der Waals surface area contributed by atoms with Gasteiger partial charge in [0, 0.05) is 30.9 Å². The molecule has 2 amide bonds. The number of hydrogen-bond donors (Lipinski definition) is 4. The van der Waals surface area contributed by atoms with Crippen LogP contribution in [0.3, 0.4) is 0 Å². The predicted molar refractivity (Wildman–Crippen MR) is 91.7 cm³/mol. The average molecular weight is 420 g/mol. The first-order chi connectivity index (χ1) is 13.5. The van der Waals surface area contributed by atoms with Gasteiger partial charge in [0.25, 0.3) is 5.91 Å². The number of aromatic amines is 1. The molecule has 3 heterocycles. The van der Waals surface area contributed by atoms with Gasteiger partial charge in [0.05, 0.1) is 17.2 Å². The summed E-state index contributed by atoms with van der Waals surface area (Å²) in [6.45, 7) is 0.220. The fraction of sp³-hybridized carbons (Fsp3) is 0.438. The van der Waals surface area contributed by atoms with Crippen molar-refractivity contribution in [1.82, 2.24) is 20.3 Å². The summed E-state index contributed by atoms with van der Waals surface area (Å²) in [6, 6.07) is -3.68. The number of carbonyl (C=O) groups excluding carboxylic acids is 2. The standard InChI is InChI=1S/C16H17F5N6O2/c17-15(18,19)16(20,21)25-14(29)8-2-1-5-27(7-8)26-11-9-3-4-23-13(9)24-6-10(11)12(22)28/h3-4,6,8H,1-2,5,7H2,(H2,22,28)(H,25,29)(H2,23,24,26)/t8-/m0/s1. The summed E-state index contributed by atoms with van der Waals surface area (Å²) in [5.74, 6) is -3.28. The van der Waals surface area contributed by atoms with Crippen molar-refractivity contribution in [2.24, 2.45) is 11.7 Å². The van der Waals surface area contributed by atoms with Gasteiger partial charge in [-0.05, 0) is 18.9 Å². The first-order valence-corrected chi connectivity index (χ1v) is 8.53. The maximum Gasteiger partial charge on any atom is 0.475 e. The summed E-state index contributed by atoms with van der Waals surface area (Å²) in [6.07, 6.45) is -2.56. The zero-order valence-electron chi connectivity index (χ0n) is 14.8. The van der Waals surface area contributed by atoms with Crippen LogP contribution < -0.4 is 16.5 Å². The van der Waals surface area contributed by atoms with Crippen LogP contribution in [0.25, 0.3) is 11.0 Å². The van der Waals surface area contributed by atoms with Crippen molar-refractivity contribution in [3.8, 4) is 0 Å². The lowest BCUT2D eigenvalue weighted by atomic mass is 9.98. The number of nitrogens with two attached hydrogens (primary N) is 1. The lowest BCUT2D eigenvalue weighted by Crippen LogP contribution is -2.55. The fourth-order valence-electron chi connectivity index (χ4n) is 3.09. The molecule has 1 saturated heterocycles.